The van der Waals surface area contributed by atoms with Crippen LogP contribution >= 0.6 is 0 Å². The van der Waals surface area contributed by atoms with Gasteiger partial charge in [-0.3, -0.25) is 4.79 Å². The lowest BCUT2D eigenvalue weighted by atomic mass is 9.97. The summed E-state index contributed by atoms with van der Waals surface area (Å²) in [7, 11) is 0. The van der Waals surface area contributed by atoms with Crippen LogP contribution in [0, 0.1) is 0 Å². The van der Waals surface area contributed by atoms with Gasteiger partial charge in [0.15, 0.2) is 12.6 Å². The molecule has 14 nitrogen and oxygen atoms in total. The lowest BCUT2D eigenvalue weighted by Crippen LogP contribution is -2.65. The maximum atomic E-state index is 13.3. The van der Waals surface area contributed by atoms with Crippen LogP contribution in [-0.2, 0) is 23.7 Å². The molecule has 0 bridgehead atoms. The van der Waals surface area contributed by atoms with Gasteiger partial charge in [-0.05, 0) is 32.1 Å². The normalized spacial score (nSPS) is 23.1. The van der Waals surface area contributed by atoms with E-state index in [0.717, 1.165) is 32.1 Å². The standard InChI is InChI=1S/C75H143NO13/c1-3-5-7-9-11-13-15-17-19-21-23-25-27-28-29-30-31-32-33-34-35-36-37-38-40-42-44-46-48-50-52-54-56-58-64(79)63(62-86-74-72(85)70(83)73(66(61-78)88-74)89-75-71(84)69(82)68(81)65(60-77)87-75)76-67(80)59-57-55-53-51-49-47-45-43-41-39-26-24-22-20-18-16-14-12-10-8-6-4-2/h48,50,56,58,63-66,68-75,77-79,81-85H,3-47,49,51-55,57,59-62H2,1-2H3,(H,76,80)/b50-48+,58-56+. The third kappa shape index (κ3) is 44.0. The molecule has 2 aliphatic heterocycles. The van der Waals surface area contributed by atoms with Gasteiger partial charge < -0.3 is 65.1 Å². The molecule has 12 atom stereocenters. The van der Waals surface area contributed by atoms with E-state index in [1.165, 1.54) is 289 Å². The smallest absolute Gasteiger partial charge is 0.220 e. The molecule has 2 fully saturated rings. The number of rotatable bonds is 64. The summed E-state index contributed by atoms with van der Waals surface area (Å²) in [5, 5.41) is 87.5. The largest absolute Gasteiger partial charge is 0.394 e. The first-order valence-corrected chi connectivity index (χ1v) is 38.1. The van der Waals surface area contributed by atoms with Gasteiger partial charge in [0.1, 0.15) is 48.8 Å². The maximum Gasteiger partial charge on any atom is 0.220 e. The van der Waals surface area contributed by atoms with Crippen LogP contribution in [0.1, 0.15) is 354 Å². The van der Waals surface area contributed by atoms with E-state index in [1.54, 1.807) is 6.08 Å². The van der Waals surface area contributed by atoms with Crippen LogP contribution < -0.4 is 5.32 Å². The van der Waals surface area contributed by atoms with E-state index in [-0.39, 0.29) is 18.9 Å². The Hall–Kier alpha value is -1.53. The summed E-state index contributed by atoms with van der Waals surface area (Å²) in [4.78, 5) is 13.3. The summed E-state index contributed by atoms with van der Waals surface area (Å²) in [6.07, 6.45) is 59.8. The van der Waals surface area contributed by atoms with Gasteiger partial charge in [-0.1, -0.05) is 340 Å². The second-order valence-corrected chi connectivity index (χ2v) is 27.1. The number of unbranched alkanes of at least 4 members (excludes halogenated alkanes) is 49. The van der Waals surface area contributed by atoms with Gasteiger partial charge in [-0.2, -0.15) is 0 Å². The summed E-state index contributed by atoms with van der Waals surface area (Å²) in [5.41, 5.74) is 0. The SMILES string of the molecule is CCCCCCCCCCCCCCCCCCCCCCCCCCCCC/C=C/CC/C=C/C(O)C(COC1OC(CO)C(OC2OC(CO)C(O)C(O)C2O)C(O)C1O)NC(=O)CCCCCCCCCCCCCCCCCCCCCCCC. The predicted molar refractivity (Wildman–Crippen MR) is 365 cm³/mol. The van der Waals surface area contributed by atoms with E-state index in [1.807, 2.05) is 6.08 Å². The predicted octanol–water partition coefficient (Wildman–Crippen LogP) is 16.3. The Balaban J connectivity index is 1.64. The molecule has 0 aromatic rings. The van der Waals surface area contributed by atoms with Crippen LogP contribution in [0.5, 0.6) is 0 Å². The van der Waals surface area contributed by atoms with Crippen molar-refractivity contribution in [1.29, 1.82) is 0 Å². The van der Waals surface area contributed by atoms with Crippen molar-refractivity contribution >= 4 is 5.91 Å². The molecule has 2 saturated heterocycles. The van der Waals surface area contributed by atoms with Gasteiger partial charge in [0, 0.05) is 6.42 Å². The van der Waals surface area contributed by atoms with Crippen LogP contribution in [0.3, 0.4) is 0 Å². The number of aliphatic hydroxyl groups excluding tert-OH is 8. The van der Waals surface area contributed by atoms with Crippen LogP contribution in [0.25, 0.3) is 0 Å². The molecule has 0 radical (unpaired) electrons. The Kier molecular flexibility index (Phi) is 56.5. The lowest BCUT2D eigenvalue weighted by molar-refractivity contribution is -0.359. The molecule has 2 rings (SSSR count). The Morgan fingerprint density at radius 2 is 0.719 bits per heavy atom. The van der Waals surface area contributed by atoms with Crippen molar-refractivity contribution in [3.63, 3.8) is 0 Å². The highest BCUT2D eigenvalue weighted by Crippen LogP contribution is 2.30. The highest BCUT2D eigenvalue weighted by atomic mass is 16.7. The number of carbonyl (C=O) groups is 1. The average Bonchev–Trinajstić information content (AvgIpc) is 1.63. The van der Waals surface area contributed by atoms with Crippen LogP contribution in [0.15, 0.2) is 24.3 Å². The summed E-state index contributed by atoms with van der Waals surface area (Å²) in [6.45, 7) is 2.85. The van der Waals surface area contributed by atoms with Gasteiger partial charge in [0.2, 0.25) is 5.91 Å². The summed E-state index contributed by atoms with van der Waals surface area (Å²) >= 11 is 0. The molecule has 12 unspecified atom stereocenters. The van der Waals surface area contributed by atoms with E-state index in [4.69, 9.17) is 18.9 Å². The molecule has 14 heteroatoms. The van der Waals surface area contributed by atoms with Crippen molar-refractivity contribution < 1.29 is 64.6 Å². The molecule has 2 aliphatic rings. The minimum absolute atomic E-state index is 0.241. The Labute approximate surface area is 545 Å². The van der Waals surface area contributed by atoms with E-state index < -0.39 is 86.8 Å². The zero-order valence-corrected chi connectivity index (χ0v) is 57.5. The fraction of sp³-hybridized carbons (Fsp3) is 0.933. The van der Waals surface area contributed by atoms with Crippen molar-refractivity contribution in [2.45, 2.75) is 428 Å². The molecular formula is C75H143NO13. The van der Waals surface area contributed by atoms with Gasteiger partial charge >= 0.3 is 0 Å². The Bertz CT molecular complexity index is 1590. The van der Waals surface area contributed by atoms with E-state index >= 15 is 0 Å². The summed E-state index contributed by atoms with van der Waals surface area (Å²) in [6, 6.07) is -0.930. The number of allylic oxidation sites excluding steroid dienone is 3. The lowest BCUT2D eigenvalue weighted by Gasteiger charge is -2.46. The molecule has 1 amide bonds. The number of amides is 1. The number of aliphatic hydroxyl groups is 8. The molecule has 2 heterocycles. The molecular weight excluding hydrogens is 1120 g/mol. The highest BCUT2D eigenvalue weighted by molar-refractivity contribution is 5.76. The van der Waals surface area contributed by atoms with Gasteiger partial charge in [-0.15, -0.1) is 0 Å². The zero-order valence-electron chi connectivity index (χ0n) is 57.5. The molecule has 0 saturated carbocycles. The fourth-order valence-corrected chi connectivity index (χ4v) is 12.8. The summed E-state index contributed by atoms with van der Waals surface area (Å²) in [5.74, 6) is -0.241. The Morgan fingerprint density at radius 3 is 1.10 bits per heavy atom. The third-order valence-electron chi connectivity index (χ3n) is 18.9. The number of hydrogen-bond donors (Lipinski definition) is 9. The van der Waals surface area contributed by atoms with Crippen LogP contribution in [0.2, 0.25) is 0 Å². The quantitative estimate of drug-likeness (QED) is 0.0204. The number of carbonyl (C=O) groups excluding carboxylic acids is 1. The molecule has 89 heavy (non-hydrogen) atoms. The topological polar surface area (TPSA) is 228 Å². The summed E-state index contributed by atoms with van der Waals surface area (Å²) < 4.78 is 22.9. The second kappa shape index (κ2) is 60.2. The number of ether oxygens (including phenoxy) is 4. The maximum absolute atomic E-state index is 13.3. The number of nitrogens with one attached hydrogen (secondary N) is 1. The van der Waals surface area contributed by atoms with Crippen molar-refractivity contribution in [3.05, 3.63) is 24.3 Å². The molecule has 9 N–H and O–H groups in total. The van der Waals surface area contributed by atoms with E-state index in [2.05, 4.69) is 31.3 Å². The van der Waals surface area contributed by atoms with Crippen molar-refractivity contribution in [2.75, 3.05) is 19.8 Å². The van der Waals surface area contributed by atoms with Crippen LogP contribution in [0.4, 0.5) is 0 Å². The fourth-order valence-electron chi connectivity index (χ4n) is 12.8. The zero-order chi connectivity index (χ0) is 64.5. The van der Waals surface area contributed by atoms with Crippen molar-refractivity contribution in [2.24, 2.45) is 0 Å². The van der Waals surface area contributed by atoms with Crippen molar-refractivity contribution in [1.82, 2.24) is 5.32 Å². The minimum Gasteiger partial charge on any atom is -0.394 e. The first kappa shape index (κ1) is 83.6. The molecule has 0 aromatic heterocycles. The van der Waals surface area contributed by atoms with E-state index in [0.29, 0.717) is 12.8 Å². The number of hydrogen-bond acceptors (Lipinski definition) is 13. The molecule has 0 spiro atoms. The van der Waals surface area contributed by atoms with E-state index in [9.17, 15) is 45.6 Å². The van der Waals surface area contributed by atoms with Gasteiger partial charge in [0.25, 0.3) is 0 Å². The van der Waals surface area contributed by atoms with Crippen molar-refractivity contribution in [3.8, 4) is 0 Å². The first-order chi connectivity index (χ1) is 43.6. The highest BCUT2D eigenvalue weighted by Gasteiger charge is 2.51. The molecule has 0 aliphatic carbocycles. The second-order valence-electron chi connectivity index (χ2n) is 27.1. The van der Waals surface area contributed by atoms with Crippen LogP contribution in [-0.4, -0.2) is 140 Å². The first-order valence-electron chi connectivity index (χ1n) is 38.1. The monoisotopic (exact) mass is 1270 g/mol. The molecule has 0 aromatic carbocycles. The molecule has 526 valence electrons. The minimum atomic E-state index is -1.79. The third-order valence-corrected chi connectivity index (χ3v) is 18.9. The van der Waals surface area contributed by atoms with Gasteiger partial charge in [-0.25, -0.2) is 0 Å². The Morgan fingerprint density at radius 1 is 0.393 bits per heavy atom. The van der Waals surface area contributed by atoms with Gasteiger partial charge in [0.05, 0.1) is 32.0 Å². The average molecular weight is 1270 g/mol.